The molecule has 3 rings (SSSR count). The summed E-state index contributed by atoms with van der Waals surface area (Å²) in [6.45, 7) is 1.91. The average Bonchev–Trinajstić information content (AvgIpc) is 2.82. The van der Waals surface area contributed by atoms with Gasteiger partial charge in [0.05, 0.1) is 20.3 Å². The van der Waals surface area contributed by atoms with Crippen LogP contribution < -0.4 is 15.4 Å². The molecule has 1 aliphatic heterocycles. The molecule has 2 amide bonds. The smallest absolute Gasteiger partial charge is 0.269 e. The van der Waals surface area contributed by atoms with Crippen molar-refractivity contribution in [1.82, 2.24) is 15.6 Å². The molecule has 31 heavy (non-hydrogen) atoms. The molecule has 0 unspecified atom stereocenters. The summed E-state index contributed by atoms with van der Waals surface area (Å²) in [5.74, 6) is 0.134. The van der Waals surface area contributed by atoms with Crippen LogP contribution in [0.2, 0.25) is 0 Å². The second-order valence-corrected chi connectivity index (χ2v) is 7.22. The first-order valence-corrected chi connectivity index (χ1v) is 10.5. The normalized spacial score (nSPS) is 14.1. The number of amides is 2. The first kappa shape index (κ1) is 22.7. The predicted octanol–water partition coefficient (Wildman–Crippen LogP) is 2.31. The number of ether oxygens (including phenoxy) is 3. The van der Waals surface area contributed by atoms with Crippen molar-refractivity contribution in [2.75, 3.05) is 33.9 Å². The molecule has 0 radical (unpaired) electrons. The molecule has 1 aromatic heterocycles. The fraction of sp³-hybridized carbons (Fsp3) is 0.435. The van der Waals surface area contributed by atoms with Gasteiger partial charge in [0.25, 0.3) is 11.8 Å². The van der Waals surface area contributed by atoms with Gasteiger partial charge in [0, 0.05) is 43.3 Å². The first-order valence-electron chi connectivity index (χ1n) is 10.5. The van der Waals surface area contributed by atoms with Gasteiger partial charge in [-0.1, -0.05) is 18.2 Å². The summed E-state index contributed by atoms with van der Waals surface area (Å²) in [6, 6.07) is 10.8. The summed E-state index contributed by atoms with van der Waals surface area (Å²) in [4.78, 5) is 29.4. The van der Waals surface area contributed by atoms with Crippen molar-refractivity contribution >= 4 is 11.8 Å². The number of carbonyl (C=O) groups is 2. The number of hydrogen-bond acceptors (Lipinski definition) is 6. The molecule has 8 heteroatoms. The molecule has 1 fully saturated rings. The lowest BCUT2D eigenvalue weighted by Gasteiger charge is -2.23. The average molecular weight is 428 g/mol. The van der Waals surface area contributed by atoms with Crippen LogP contribution in [-0.2, 0) is 15.9 Å². The van der Waals surface area contributed by atoms with E-state index in [4.69, 9.17) is 14.2 Å². The zero-order valence-electron chi connectivity index (χ0n) is 18.0. The molecule has 2 heterocycles. The van der Waals surface area contributed by atoms with Gasteiger partial charge in [0.15, 0.2) is 6.29 Å². The zero-order valence-corrected chi connectivity index (χ0v) is 18.0. The van der Waals surface area contributed by atoms with Crippen LogP contribution in [0.4, 0.5) is 0 Å². The minimum atomic E-state index is -0.345. The number of para-hydroxylation sites is 1. The van der Waals surface area contributed by atoms with Gasteiger partial charge in [-0.3, -0.25) is 9.59 Å². The fourth-order valence-electron chi connectivity index (χ4n) is 3.37. The number of methoxy groups -OCH3 is 1. The minimum absolute atomic E-state index is 0.195. The van der Waals surface area contributed by atoms with E-state index in [0.29, 0.717) is 37.4 Å². The number of nitrogens with one attached hydrogen (secondary N) is 2. The third-order valence-corrected chi connectivity index (χ3v) is 4.96. The summed E-state index contributed by atoms with van der Waals surface area (Å²) >= 11 is 0. The van der Waals surface area contributed by atoms with Gasteiger partial charge >= 0.3 is 0 Å². The number of nitrogens with zero attached hydrogens (tertiary/aromatic N) is 1. The maximum absolute atomic E-state index is 12.7. The lowest BCUT2D eigenvalue weighted by molar-refractivity contribution is -0.181. The Balaban J connectivity index is 1.68. The Morgan fingerprint density at radius 2 is 1.94 bits per heavy atom. The number of hydrogen-bond donors (Lipinski definition) is 2. The molecule has 1 aliphatic rings. The lowest BCUT2D eigenvalue weighted by Crippen LogP contribution is -2.29. The molecule has 8 nitrogen and oxygen atoms in total. The number of aromatic nitrogens is 1. The Morgan fingerprint density at radius 3 is 2.68 bits per heavy atom. The maximum atomic E-state index is 12.7. The van der Waals surface area contributed by atoms with Crippen molar-refractivity contribution < 1.29 is 23.8 Å². The molecule has 0 spiro atoms. The second kappa shape index (κ2) is 11.4. The standard InChI is InChI=1S/C23H29N3O5/c1-24-23(28)19-15-17(22(27)25-10-5-9-21-30-11-6-12-31-21)14-18(26-19)13-16-7-3-4-8-20(16)29-2/h3-4,7-8,14-15,21H,5-6,9-13H2,1-2H3,(H,24,28)(H,25,27). The van der Waals surface area contributed by atoms with Gasteiger partial charge < -0.3 is 24.8 Å². The van der Waals surface area contributed by atoms with E-state index in [1.807, 2.05) is 24.3 Å². The Hall–Kier alpha value is -2.97. The van der Waals surface area contributed by atoms with Gasteiger partial charge in [-0.05, 0) is 31.0 Å². The van der Waals surface area contributed by atoms with Crippen LogP contribution in [0.1, 0.15) is 51.4 Å². The van der Waals surface area contributed by atoms with Crippen molar-refractivity contribution in [3.8, 4) is 5.75 Å². The van der Waals surface area contributed by atoms with E-state index in [1.54, 1.807) is 13.2 Å². The van der Waals surface area contributed by atoms with Crippen LogP contribution in [0, 0.1) is 0 Å². The van der Waals surface area contributed by atoms with Crippen LogP contribution in [-0.4, -0.2) is 57.0 Å². The maximum Gasteiger partial charge on any atom is 0.269 e. The Labute approximate surface area is 182 Å². The van der Waals surface area contributed by atoms with Gasteiger partial charge in [0.2, 0.25) is 0 Å². The van der Waals surface area contributed by atoms with Crippen molar-refractivity contribution in [2.24, 2.45) is 0 Å². The van der Waals surface area contributed by atoms with Gasteiger partial charge in [-0.15, -0.1) is 0 Å². The fourth-order valence-corrected chi connectivity index (χ4v) is 3.37. The molecular formula is C23H29N3O5. The molecular weight excluding hydrogens is 398 g/mol. The van der Waals surface area contributed by atoms with Crippen LogP contribution in [0.25, 0.3) is 0 Å². The SMILES string of the molecule is CNC(=O)c1cc(C(=O)NCCCC2OCCCO2)cc(Cc2ccccc2OC)n1. The summed E-state index contributed by atoms with van der Waals surface area (Å²) in [5.41, 5.74) is 2.12. The molecule has 2 N–H and O–H groups in total. The summed E-state index contributed by atoms with van der Waals surface area (Å²) in [7, 11) is 3.14. The third kappa shape index (κ3) is 6.50. The lowest BCUT2D eigenvalue weighted by atomic mass is 10.1. The van der Waals surface area contributed by atoms with Gasteiger partial charge in [-0.2, -0.15) is 0 Å². The highest BCUT2D eigenvalue weighted by Crippen LogP contribution is 2.21. The Kier molecular flexibility index (Phi) is 8.37. The number of carbonyl (C=O) groups excluding carboxylic acids is 2. The van der Waals surface area contributed by atoms with Crippen molar-refractivity contribution in [2.45, 2.75) is 32.0 Å². The third-order valence-electron chi connectivity index (χ3n) is 4.96. The van der Waals surface area contributed by atoms with Gasteiger partial charge in [-0.25, -0.2) is 4.98 Å². The monoisotopic (exact) mass is 427 g/mol. The molecule has 2 aromatic rings. The first-order chi connectivity index (χ1) is 15.1. The molecule has 0 bridgehead atoms. The van der Waals surface area contributed by atoms with E-state index in [9.17, 15) is 9.59 Å². The topological polar surface area (TPSA) is 98.8 Å². The van der Waals surface area contributed by atoms with Crippen molar-refractivity contribution in [1.29, 1.82) is 0 Å². The van der Waals surface area contributed by atoms with Crippen molar-refractivity contribution in [3.05, 3.63) is 58.9 Å². The summed E-state index contributed by atoms with van der Waals surface area (Å²) < 4.78 is 16.4. The van der Waals surface area contributed by atoms with E-state index in [0.717, 1.165) is 30.6 Å². The Morgan fingerprint density at radius 1 is 1.16 bits per heavy atom. The highest BCUT2D eigenvalue weighted by molar-refractivity contribution is 5.98. The molecule has 0 atom stereocenters. The zero-order chi connectivity index (χ0) is 22.1. The Bertz CT molecular complexity index is 897. The highest BCUT2D eigenvalue weighted by atomic mass is 16.7. The van der Waals surface area contributed by atoms with E-state index in [2.05, 4.69) is 15.6 Å². The molecule has 166 valence electrons. The molecule has 0 aliphatic carbocycles. The van der Waals surface area contributed by atoms with E-state index >= 15 is 0 Å². The van der Waals surface area contributed by atoms with Crippen LogP contribution >= 0.6 is 0 Å². The number of benzene rings is 1. The van der Waals surface area contributed by atoms with E-state index in [1.165, 1.54) is 13.1 Å². The summed E-state index contributed by atoms with van der Waals surface area (Å²) in [5, 5.41) is 5.47. The van der Waals surface area contributed by atoms with Crippen LogP contribution in [0.5, 0.6) is 5.75 Å². The van der Waals surface area contributed by atoms with Crippen LogP contribution in [0.15, 0.2) is 36.4 Å². The number of rotatable bonds is 9. The quantitative estimate of drug-likeness (QED) is 0.596. The minimum Gasteiger partial charge on any atom is -0.496 e. The van der Waals surface area contributed by atoms with Gasteiger partial charge in [0.1, 0.15) is 11.4 Å². The van der Waals surface area contributed by atoms with E-state index in [-0.39, 0.29) is 23.8 Å². The van der Waals surface area contributed by atoms with Crippen LogP contribution in [0.3, 0.4) is 0 Å². The number of pyridine rings is 1. The van der Waals surface area contributed by atoms with Crippen molar-refractivity contribution in [3.63, 3.8) is 0 Å². The van der Waals surface area contributed by atoms with E-state index < -0.39 is 0 Å². The highest BCUT2D eigenvalue weighted by Gasteiger charge is 2.16. The summed E-state index contributed by atoms with van der Waals surface area (Å²) in [6.07, 6.45) is 2.61. The molecule has 1 aromatic carbocycles. The largest absolute Gasteiger partial charge is 0.496 e. The molecule has 0 saturated carbocycles. The predicted molar refractivity (Wildman–Crippen MR) is 115 cm³/mol. The second-order valence-electron chi connectivity index (χ2n) is 7.22. The molecule has 1 saturated heterocycles.